The molecule has 3 N–H and O–H groups in total. The number of hydrogen-bond donors (Lipinski definition) is 3. The number of morpholine rings is 1. The minimum absolute atomic E-state index is 0.00780. The molecule has 4 aliphatic carbocycles. The van der Waals surface area contributed by atoms with Gasteiger partial charge in [-0.2, -0.15) is 0 Å². The van der Waals surface area contributed by atoms with Crippen LogP contribution in [-0.2, 0) is 14.2 Å². The number of rotatable bonds is 6. The van der Waals surface area contributed by atoms with E-state index in [1.54, 1.807) is 13.8 Å². The number of alkyl halides is 1. The van der Waals surface area contributed by atoms with Crippen LogP contribution in [0.3, 0.4) is 0 Å². The lowest BCUT2D eigenvalue weighted by Crippen LogP contribution is -2.61. The first-order chi connectivity index (χ1) is 20.6. The van der Waals surface area contributed by atoms with Gasteiger partial charge in [-0.15, -0.1) is 0 Å². The highest BCUT2D eigenvalue weighted by Crippen LogP contribution is 2.76. The fourth-order valence-corrected chi connectivity index (χ4v) is 12.1. The molecule has 7 nitrogen and oxygen atoms in total. The maximum Gasteiger partial charge on any atom is 0.170 e. The molecular weight excluding hydrogens is 561 g/mol. The van der Waals surface area contributed by atoms with Gasteiger partial charge in [0.05, 0.1) is 36.6 Å². The lowest BCUT2D eigenvalue weighted by atomic mass is 9.39. The van der Waals surface area contributed by atoms with E-state index in [1.807, 2.05) is 0 Å². The summed E-state index contributed by atoms with van der Waals surface area (Å²) in [4.78, 5) is 2.12. The monoisotopic (exact) mass is 623 g/mol. The van der Waals surface area contributed by atoms with Crippen molar-refractivity contribution in [2.45, 2.75) is 149 Å². The molecule has 13 unspecified atom stereocenters. The molecule has 2 bridgehead atoms. The van der Waals surface area contributed by atoms with E-state index >= 15 is 0 Å². The van der Waals surface area contributed by atoms with E-state index in [9.17, 15) is 19.7 Å². The van der Waals surface area contributed by atoms with Crippen LogP contribution in [-0.4, -0.2) is 95.5 Å². The first-order valence-electron chi connectivity index (χ1n) is 17.9. The Morgan fingerprint density at radius 1 is 1.09 bits per heavy atom. The zero-order valence-electron chi connectivity index (χ0n) is 28.6. The van der Waals surface area contributed by atoms with Crippen LogP contribution in [0.4, 0.5) is 4.39 Å². The third-order valence-corrected chi connectivity index (χ3v) is 14.8. The first-order valence-corrected chi connectivity index (χ1v) is 17.9. The van der Waals surface area contributed by atoms with E-state index in [1.165, 1.54) is 12.8 Å². The summed E-state index contributed by atoms with van der Waals surface area (Å²) in [5, 5.41) is 34.0. The fraction of sp³-hybridized carbons (Fsp3) is 1.00. The number of aliphatic hydroxyl groups excluding tert-OH is 2. The van der Waals surface area contributed by atoms with Gasteiger partial charge in [0.15, 0.2) is 6.29 Å². The Kier molecular flexibility index (Phi) is 8.89. The molecule has 1 spiro atoms. The molecule has 254 valence electrons. The highest BCUT2D eigenvalue weighted by atomic mass is 19.1. The zero-order valence-corrected chi connectivity index (χ0v) is 28.6. The van der Waals surface area contributed by atoms with Crippen LogP contribution in [0.25, 0.3) is 0 Å². The zero-order chi connectivity index (χ0) is 31.9. The van der Waals surface area contributed by atoms with Crippen molar-refractivity contribution in [2.75, 3.05) is 32.9 Å². The standard InChI is InChI=1S/C36H62FNO6/c1-22-19-24(30(39)33(4,5)41)43-29-28(22)34(6)13-14-36-12-8-9-26(44-27-21-38(16-15-37)17-18-42-27)32(2,3)23(20-36)10-11-25(36)35(34,7)31(29)40/h22-31,39-41H,8-21H2,1-7H3. The summed E-state index contributed by atoms with van der Waals surface area (Å²) < 4.78 is 32.5. The van der Waals surface area contributed by atoms with Crippen LogP contribution in [0.2, 0.25) is 0 Å². The summed E-state index contributed by atoms with van der Waals surface area (Å²) in [5.41, 5.74) is -1.39. The molecule has 0 aromatic rings. The van der Waals surface area contributed by atoms with Gasteiger partial charge >= 0.3 is 0 Å². The Bertz CT molecular complexity index is 1030. The average Bonchev–Trinajstić information content (AvgIpc) is 3.14. The molecule has 6 aliphatic rings. The van der Waals surface area contributed by atoms with Crippen molar-refractivity contribution in [2.24, 2.45) is 45.3 Å². The van der Waals surface area contributed by atoms with Gasteiger partial charge < -0.3 is 29.5 Å². The molecule has 4 saturated carbocycles. The lowest BCUT2D eigenvalue weighted by Gasteiger charge is -2.66. The van der Waals surface area contributed by atoms with Crippen LogP contribution >= 0.6 is 0 Å². The summed E-state index contributed by atoms with van der Waals surface area (Å²) in [7, 11) is 0. The van der Waals surface area contributed by atoms with Gasteiger partial charge in [0.25, 0.3) is 0 Å². The Balaban J connectivity index is 1.23. The average molecular weight is 624 g/mol. The lowest BCUT2D eigenvalue weighted by molar-refractivity contribution is -0.242. The smallest absolute Gasteiger partial charge is 0.170 e. The van der Waals surface area contributed by atoms with Gasteiger partial charge in [-0.25, -0.2) is 4.39 Å². The molecule has 6 rings (SSSR count). The van der Waals surface area contributed by atoms with Gasteiger partial charge in [-0.1, -0.05) is 41.0 Å². The Labute approximate surface area is 265 Å². The molecular formula is C36H62FNO6. The predicted molar refractivity (Wildman–Crippen MR) is 168 cm³/mol. The van der Waals surface area contributed by atoms with E-state index in [2.05, 4.69) is 39.5 Å². The van der Waals surface area contributed by atoms with Crippen molar-refractivity contribution < 1.29 is 33.9 Å². The van der Waals surface area contributed by atoms with Crippen LogP contribution < -0.4 is 0 Å². The minimum Gasteiger partial charge on any atom is -0.390 e. The van der Waals surface area contributed by atoms with E-state index in [0.717, 1.165) is 45.1 Å². The van der Waals surface area contributed by atoms with Crippen molar-refractivity contribution in [3.8, 4) is 0 Å². The fourth-order valence-electron chi connectivity index (χ4n) is 12.1. The van der Waals surface area contributed by atoms with E-state index < -0.39 is 23.9 Å². The van der Waals surface area contributed by atoms with Crippen molar-refractivity contribution in [1.82, 2.24) is 4.90 Å². The Morgan fingerprint density at radius 2 is 1.84 bits per heavy atom. The summed E-state index contributed by atoms with van der Waals surface area (Å²) >= 11 is 0. The van der Waals surface area contributed by atoms with E-state index in [4.69, 9.17) is 14.2 Å². The highest BCUT2D eigenvalue weighted by Gasteiger charge is 2.74. The van der Waals surface area contributed by atoms with Crippen LogP contribution in [0.5, 0.6) is 0 Å². The highest BCUT2D eigenvalue weighted by molar-refractivity contribution is 5.22. The molecule has 8 heteroatoms. The summed E-state index contributed by atoms with van der Waals surface area (Å²) in [5.74, 6) is 1.48. The SMILES string of the molecule is CC1CC(C(O)C(C)(C)O)OC2C1C1(C)CCC34CCCC(OC5CN(CCF)CCO5)C(C)(C)C(CCC3C1(C)C2O)C4. The second-order valence-electron chi connectivity index (χ2n) is 17.6. The van der Waals surface area contributed by atoms with Crippen LogP contribution in [0.1, 0.15) is 106 Å². The normalized spacial score (nSPS) is 50.1. The van der Waals surface area contributed by atoms with Gasteiger partial charge in [-0.3, -0.25) is 4.90 Å². The van der Waals surface area contributed by atoms with E-state index in [0.29, 0.717) is 43.9 Å². The Morgan fingerprint density at radius 3 is 2.55 bits per heavy atom. The van der Waals surface area contributed by atoms with E-state index in [-0.39, 0.29) is 52.8 Å². The Hall–Kier alpha value is -0.350. The van der Waals surface area contributed by atoms with Gasteiger partial charge in [-0.05, 0) is 105 Å². The number of fused-ring (bicyclic) bond motifs is 5. The van der Waals surface area contributed by atoms with Gasteiger partial charge in [0.1, 0.15) is 12.8 Å². The number of ether oxygens (including phenoxy) is 3. The summed E-state index contributed by atoms with van der Waals surface area (Å²) in [6.07, 6.45) is 7.09. The number of aliphatic hydroxyl groups is 3. The molecule has 2 aliphatic heterocycles. The number of halogens is 1. The topological polar surface area (TPSA) is 91.6 Å². The largest absolute Gasteiger partial charge is 0.390 e. The first kappa shape index (κ1) is 33.5. The number of hydrogen-bond acceptors (Lipinski definition) is 7. The molecule has 2 heterocycles. The molecule has 2 saturated heterocycles. The van der Waals surface area contributed by atoms with Crippen molar-refractivity contribution in [3.63, 3.8) is 0 Å². The van der Waals surface area contributed by atoms with Crippen LogP contribution in [0.15, 0.2) is 0 Å². The summed E-state index contributed by atoms with van der Waals surface area (Å²) in [6.45, 7) is 17.3. The van der Waals surface area contributed by atoms with Crippen molar-refractivity contribution in [3.05, 3.63) is 0 Å². The van der Waals surface area contributed by atoms with Crippen molar-refractivity contribution in [1.29, 1.82) is 0 Å². The maximum atomic E-state index is 13.0. The van der Waals surface area contributed by atoms with Gasteiger partial charge in [0.2, 0.25) is 0 Å². The predicted octanol–water partition coefficient (Wildman–Crippen LogP) is 5.33. The van der Waals surface area contributed by atoms with Crippen LogP contribution in [0, 0.1) is 45.3 Å². The van der Waals surface area contributed by atoms with Gasteiger partial charge in [0, 0.05) is 25.0 Å². The third-order valence-electron chi connectivity index (χ3n) is 14.8. The number of nitrogens with zero attached hydrogens (tertiary/aromatic N) is 1. The molecule has 13 atom stereocenters. The quantitative estimate of drug-likeness (QED) is 0.368. The third kappa shape index (κ3) is 5.15. The summed E-state index contributed by atoms with van der Waals surface area (Å²) in [6, 6.07) is 0. The maximum absolute atomic E-state index is 13.0. The second-order valence-corrected chi connectivity index (χ2v) is 17.6. The molecule has 0 amide bonds. The molecule has 44 heavy (non-hydrogen) atoms. The molecule has 6 fully saturated rings. The van der Waals surface area contributed by atoms with Crippen molar-refractivity contribution >= 4 is 0 Å². The molecule has 0 radical (unpaired) electrons. The molecule has 0 aromatic carbocycles. The molecule has 0 aromatic heterocycles. The minimum atomic E-state index is -1.26. The second kappa shape index (κ2) is 11.7.